The summed E-state index contributed by atoms with van der Waals surface area (Å²) in [6.45, 7) is 7.07. The van der Waals surface area contributed by atoms with Crippen molar-refractivity contribution < 1.29 is 29.1 Å². The van der Waals surface area contributed by atoms with E-state index in [1.807, 2.05) is 31.2 Å². The second-order valence-electron chi connectivity index (χ2n) is 9.68. The van der Waals surface area contributed by atoms with Gasteiger partial charge in [0.2, 0.25) is 23.6 Å². The molecule has 0 fully saturated rings. The molecule has 0 bridgehead atoms. The van der Waals surface area contributed by atoms with Crippen molar-refractivity contribution in [3.05, 3.63) is 35.4 Å². The summed E-state index contributed by atoms with van der Waals surface area (Å²) in [6.07, 6.45) is 4.26. The molecule has 16 heteroatoms. The first-order valence-electron chi connectivity index (χ1n) is 14.6. The highest BCUT2D eigenvalue weighted by molar-refractivity contribution is 5.90. The molecule has 0 saturated heterocycles. The van der Waals surface area contributed by atoms with Crippen LogP contribution in [0.25, 0.3) is 0 Å². The molecule has 1 aromatic rings. The van der Waals surface area contributed by atoms with E-state index < -0.39 is 11.9 Å². The predicted octanol–water partition coefficient (Wildman–Crippen LogP) is -1.05. The van der Waals surface area contributed by atoms with Gasteiger partial charge in [-0.05, 0) is 43.2 Å². The van der Waals surface area contributed by atoms with E-state index in [9.17, 15) is 19.2 Å². The Morgan fingerprint density at radius 2 is 1.35 bits per heavy atom. The van der Waals surface area contributed by atoms with Crippen LogP contribution in [-0.4, -0.2) is 72.7 Å². The molecule has 0 aromatic heterocycles. The average Bonchev–Trinajstić information content (AvgIpc) is 3.00. The van der Waals surface area contributed by atoms with E-state index in [2.05, 4.69) is 45.0 Å². The number of aryl methyl sites for hydroxylation is 1. The average molecular weight is 613 g/mol. The second-order valence-corrected chi connectivity index (χ2v) is 9.68. The zero-order valence-corrected chi connectivity index (χ0v) is 25.7. The van der Waals surface area contributed by atoms with Crippen LogP contribution in [0, 0.1) is 0 Å². The lowest BCUT2D eigenvalue weighted by molar-refractivity contribution is -0.168. The second kappa shape index (κ2) is 25.3. The molecule has 1 atom stereocenters. The fraction of sp³-hybridized carbons (Fsp3) is 0.630. The maximum Gasteiger partial charge on any atom is 0.242 e. The van der Waals surface area contributed by atoms with Crippen LogP contribution in [0.4, 0.5) is 0 Å². The minimum atomic E-state index is -0.839. The summed E-state index contributed by atoms with van der Waals surface area (Å²) in [5, 5.41) is 12.5. The molecule has 0 aliphatic heterocycles. The Kier molecular flexibility index (Phi) is 23.4. The zero-order valence-electron chi connectivity index (χ0n) is 25.7. The molecule has 1 unspecified atom stereocenters. The number of nitrogens with two attached hydrogens (primary N) is 4. The summed E-state index contributed by atoms with van der Waals surface area (Å²) in [5.41, 5.74) is 2.01. The summed E-state index contributed by atoms with van der Waals surface area (Å²) in [5.74, 6) is 19.2. The molecule has 4 amide bonds. The number of rotatable bonds is 21. The summed E-state index contributed by atoms with van der Waals surface area (Å²) < 4.78 is 0. The highest BCUT2D eigenvalue weighted by Crippen LogP contribution is 2.06. The van der Waals surface area contributed by atoms with Gasteiger partial charge in [0, 0.05) is 26.1 Å². The van der Waals surface area contributed by atoms with Crippen LogP contribution < -0.4 is 44.7 Å². The normalized spacial score (nSPS) is 11.4. The first-order valence-corrected chi connectivity index (χ1v) is 14.6. The first kappa shape index (κ1) is 39.8. The lowest BCUT2D eigenvalue weighted by Crippen LogP contribution is -2.50. The van der Waals surface area contributed by atoms with Crippen LogP contribution in [-0.2, 0) is 41.9 Å². The van der Waals surface area contributed by atoms with E-state index in [4.69, 9.17) is 23.5 Å². The number of hydroxylamine groups is 2. The fourth-order valence-electron chi connectivity index (χ4n) is 3.51. The van der Waals surface area contributed by atoms with Gasteiger partial charge in [-0.1, -0.05) is 51.5 Å². The van der Waals surface area contributed by atoms with Crippen molar-refractivity contribution in [1.29, 1.82) is 0 Å². The van der Waals surface area contributed by atoms with Crippen LogP contribution in [0.2, 0.25) is 0 Å². The van der Waals surface area contributed by atoms with E-state index in [-0.39, 0.29) is 56.7 Å². The van der Waals surface area contributed by atoms with Gasteiger partial charge in [0.05, 0.1) is 19.5 Å². The Morgan fingerprint density at radius 1 is 0.767 bits per heavy atom. The van der Waals surface area contributed by atoms with Crippen LogP contribution in [0.1, 0.15) is 70.4 Å². The van der Waals surface area contributed by atoms with Crippen molar-refractivity contribution in [2.24, 2.45) is 23.5 Å². The highest BCUT2D eigenvalue weighted by Gasteiger charge is 2.20. The maximum atomic E-state index is 12.8. The number of hydrogen-bond acceptors (Lipinski definition) is 12. The Bertz CT molecular complexity index is 922. The Labute approximate surface area is 254 Å². The third-order valence-corrected chi connectivity index (χ3v) is 5.82. The van der Waals surface area contributed by atoms with Crippen molar-refractivity contribution in [3.63, 3.8) is 0 Å². The fourth-order valence-corrected chi connectivity index (χ4v) is 3.51. The van der Waals surface area contributed by atoms with Gasteiger partial charge in [0.15, 0.2) is 0 Å². The van der Waals surface area contributed by atoms with Gasteiger partial charge in [-0.15, -0.1) is 10.3 Å². The van der Waals surface area contributed by atoms with Crippen LogP contribution >= 0.6 is 0 Å². The summed E-state index contributed by atoms with van der Waals surface area (Å²) >= 11 is 0. The number of hydrogen-bond donors (Lipinski definition) is 8. The van der Waals surface area contributed by atoms with Gasteiger partial charge in [-0.2, -0.15) is 21.7 Å². The topological polar surface area (TPSA) is 245 Å². The van der Waals surface area contributed by atoms with Gasteiger partial charge in [-0.3, -0.25) is 19.2 Å². The predicted molar refractivity (Wildman–Crippen MR) is 162 cm³/mol. The lowest BCUT2D eigenvalue weighted by atomic mass is 10.1. The van der Waals surface area contributed by atoms with E-state index in [1.54, 1.807) is 0 Å². The number of carbonyl (C=O) groups excluding carboxylic acids is 4. The minimum Gasteiger partial charge on any atom is -0.356 e. The van der Waals surface area contributed by atoms with E-state index in [0.717, 1.165) is 22.3 Å². The first-order chi connectivity index (χ1) is 20.6. The molecule has 12 N–H and O–H groups in total. The van der Waals surface area contributed by atoms with Crippen LogP contribution in [0.15, 0.2) is 24.3 Å². The quantitative estimate of drug-likeness (QED) is 0.0471. The number of nitrogens with one attached hydrogen (secondary N) is 4. The van der Waals surface area contributed by atoms with Gasteiger partial charge >= 0.3 is 0 Å². The van der Waals surface area contributed by atoms with Gasteiger partial charge in [0.1, 0.15) is 6.04 Å². The molecular formula is C27H52N10O6. The van der Waals surface area contributed by atoms with Gasteiger partial charge in [-0.25, -0.2) is 11.7 Å². The van der Waals surface area contributed by atoms with Crippen molar-refractivity contribution in [1.82, 2.24) is 31.6 Å². The Hall–Kier alpha value is -3.22. The molecule has 0 saturated carbocycles. The summed E-state index contributed by atoms with van der Waals surface area (Å²) in [6, 6.07) is 6.85. The third kappa shape index (κ3) is 21.2. The highest BCUT2D eigenvalue weighted by atomic mass is 16.8. The minimum absolute atomic E-state index is 0.0972. The molecule has 16 nitrogen and oxygen atoms in total. The zero-order chi connectivity index (χ0) is 32.5. The van der Waals surface area contributed by atoms with Crippen LogP contribution in [0.3, 0.4) is 0 Å². The van der Waals surface area contributed by atoms with Gasteiger partial charge in [0.25, 0.3) is 0 Å². The molecule has 246 valence electrons. The van der Waals surface area contributed by atoms with Crippen molar-refractivity contribution in [3.8, 4) is 0 Å². The number of nitrogens with zero attached hydrogens (tertiary/aromatic N) is 2. The Balaban J connectivity index is 0.00000562. The van der Waals surface area contributed by atoms with Crippen molar-refractivity contribution >= 4 is 23.6 Å². The van der Waals surface area contributed by atoms with Gasteiger partial charge < -0.3 is 21.3 Å². The molecule has 0 heterocycles. The molecule has 43 heavy (non-hydrogen) atoms. The molecular weight excluding hydrogens is 560 g/mol. The number of hydrazine groups is 2. The van der Waals surface area contributed by atoms with E-state index in [1.165, 1.54) is 12.0 Å². The maximum absolute atomic E-state index is 12.8. The molecule has 1 aromatic carbocycles. The monoisotopic (exact) mass is 612 g/mol. The molecule has 1 rings (SSSR count). The van der Waals surface area contributed by atoms with Crippen molar-refractivity contribution in [2.45, 2.75) is 78.2 Å². The molecule has 0 radical (unpaired) electrons. The number of amides is 4. The standard InChI is InChI=1S/C24H44N10O6.C3H8/c1-2-18-7-9-19(10-8-18)16-22(36)31-17-23(37)32-20(24(38)30-13-5-14-33(25)39-27)6-3-4-12-29-21(35)11-15-34(26)40-28;1-3-2/h7-10,20H,2-6,11-17,25-28H2,1H3,(H,29,35)(H,30,38)(H,31,36)(H,32,37);3H2,1-2H3. The lowest BCUT2D eigenvalue weighted by Gasteiger charge is -2.19. The number of benzene rings is 1. The molecule has 0 aliphatic rings. The van der Waals surface area contributed by atoms with E-state index >= 15 is 0 Å². The number of carbonyl (C=O) groups is 4. The Morgan fingerprint density at radius 3 is 1.95 bits per heavy atom. The SMILES string of the molecule is CCC.CCc1ccc(CC(=O)NCC(=O)NC(CCCCNC(=O)CCN(N)ON)C(=O)NCCCN(N)ON)cc1. The van der Waals surface area contributed by atoms with Crippen LogP contribution in [0.5, 0.6) is 0 Å². The molecule has 0 aliphatic carbocycles. The summed E-state index contributed by atoms with van der Waals surface area (Å²) in [7, 11) is 0. The summed E-state index contributed by atoms with van der Waals surface area (Å²) in [4.78, 5) is 58.0. The van der Waals surface area contributed by atoms with Crippen molar-refractivity contribution in [2.75, 3.05) is 32.7 Å². The number of unbranched alkanes of at least 4 members (excludes halogenated alkanes) is 1. The molecule has 0 spiro atoms. The van der Waals surface area contributed by atoms with E-state index in [0.29, 0.717) is 32.2 Å². The largest absolute Gasteiger partial charge is 0.356 e. The third-order valence-electron chi connectivity index (χ3n) is 5.82. The smallest absolute Gasteiger partial charge is 0.242 e.